The van der Waals surface area contributed by atoms with Crippen LogP contribution in [-0.2, 0) is 6.42 Å². The first-order chi connectivity index (χ1) is 27.2. The summed E-state index contributed by atoms with van der Waals surface area (Å²) in [5.74, 6) is 6.97. The number of fused-ring (bicyclic) bond motifs is 5. The second-order valence-electron chi connectivity index (χ2n) is 13.8. The summed E-state index contributed by atoms with van der Waals surface area (Å²) in [5, 5.41) is 6.82. The zero-order chi connectivity index (χ0) is 37.1. The number of furan rings is 1. The monoisotopic (exact) mass is 709 g/mol. The third-order valence-corrected chi connectivity index (χ3v) is 10.5. The van der Waals surface area contributed by atoms with Gasteiger partial charge >= 0.3 is 0 Å². The van der Waals surface area contributed by atoms with Gasteiger partial charge in [-0.05, 0) is 91.2 Å². The van der Waals surface area contributed by atoms with Crippen LogP contribution >= 0.6 is 0 Å². The van der Waals surface area contributed by atoms with Gasteiger partial charge in [-0.3, -0.25) is 4.99 Å². The summed E-state index contributed by atoms with van der Waals surface area (Å²) in [6.45, 7) is 4.03. The number of hydrogen-bond acceptors (Lipinski definition) is 3. The molecule has 0 saturated carbocycles. The van der Waals surface area contributed by atoms with Crippen molar-refractivity contribution in [3.63, 3.8) is 0 Å². The van der Waals surface area contributed by atoms with Gasteiger partial charge in [0.2, 0.25) is 0 Å². The maximum atomic E-state index is 6.50. The highest BCUT2D eigenvalue weighted by Crippen LogP contribution is 2.41. The minimum Gasteiger partial charge on any atom is -0.456 e. The van der Waals surface area contributed by atoms with Gasteiger partial charge in [0.05, 0.1) is 0 Å². The second-order valence-corrected chi connectivity index (χ2v) is 13.8. The number of para-hydroxylation sites is 1. The van der Waals surface area contributed by atoms with Crippen molar-refractivity contribution in [2.24, 2.45) is 10.8 Å². The highest BCUT2D eigenvalue weighted by atomic mass is 16.3. The van der Waals surface area contributed by atoms with E-state index >= 15 is 0 Å². The van der Waals surface area contributed by atoms with Crippen LogP contribution in [-0.4, -0.2) is 5.84 Å². The van der Waals surface area contributed by atoms with Crippen LogP contribution in [0.3, 0.4) is 0 Å². The topological polar surface area (TPSA) is 63.5 Å². The number of amidine groups is 1. The van der Waals surface area contributed by atoms with E-state index in [1.807, 2.05) is 24.3 Å². The summed E-state index contributed by atoms with van der Waals surface area (Å²) < 4.78 is 6.50. The first-order valence-electron chi connectivity index (χ1n) is 18.6. The lowest BCUT2D eigenvalue weighted by atomic mass is 9.88. The van der Waals surface area contributed by atoms with Gasteiger partial charge in [-0.1, -0.05) is 170 Å². The fraction of sp³-hybridized carbons (Fsp3) is 0.0392. The predicted octanol–water partition coefficient (Wildman–Crippen LogP) is 12.5. The van der Waals surface area contributed by atoms with E-state index in [1.165, 1.54) is 16.3 Å². The predicted molar refractivity (Wildman–Crippen MR) is 232 cm³/mol. The van der Waals surface area contributed by atoms with Crippen LogP contribution in [0.4, 0.5) is 0 Å². The Balaban J connectivity index is 1.24. The molecule has 9 aromatic rings. The number of nitrogens with two attached hydrogens (primary N) is 1. The summed E-state index contributed by atoms with van der Waals surface area (Å²) in [6, 6.07) is 59.0. The average Bonchev–Trinajstić information content (AvgIpc) is 3.63. The van der Waals surface area contributed by atoms with Gasteiger partial charge < -0.3 is 9.84 Å². The van der Waals surface area contributed by atoms with E-state index in [-0.39, 0.29) is 0 Å². The minimum absolute atomic E-state index is 0.434. The normalized spacial score (nSPS) is 12.6. The van der Waals surface area contributed by atoms with Gasteiger partial charge in [-0.2, -0.15) is 0 Å². The maximum absolute atomic E-state index is 6.50. The highest BCUT2D eigenvalue weighted by molar-refractivity contribution is 6.08. The molecule has 4 heteroatoms. The lowest BCUT2D eigenvalue weighted by Crippen LogP contribution is -2.31. The molecule has 0 spiro atoms. The minimum atomic E-state index is -0.434. The van der Waals surface area contributed by atoms with E-state index in [2.05, 4.69) is 176 Å². The van der Waals surface area contributed by atoms with Gasteiger partial charge in [-0.25, -0.2) is 5.84 Å². The molecule has 0 radical (unpaired) electrons. The van der Waals surface area contributed by atoms with Crippen LogP contribution in [0.25, 0.3) is 66.8 Å². The number of aliphatic imine (C=N–C) groups is 1. The van der Waals surface area contributed by atoms with Crippen molar-refractivity contribution < 1.29 is 4.42 Å². The molecule has 0 saturated heterocycles. The summed E-state index contributed by atoms with van der Waals surface area (Å²) in [4.78, 5) is 5.55. The SMILES string of the molecule is C=Cc1ccccc1/C=C\Cc1ccc2oc3ccccc3c2c1C(/N=C(\NN)c1ccc2ccccc2c1)c1ccc(-c2ccc3ccccc3c2)cc1. The summed E-state index contributed by atoms with van der Waals surface area (Å²) in [6.07, 6.45) is 6.98. The van der Waals surface area contributed by atoms with E-state index in [1.54, 1.807) is 0 Å². The van der Waals surface area contributed by atoms with Crippen molar-refractivity contribution in [2.75, 3.05) is 0 Å². The number of nitrogens with zero attached hydrogens (tertiary/aromatic N) is 1. The molecule has 55 heavy (non-hydrogen) atoms. The molecule has 0 bridgehead atoms. The Morgan fingerprint density at radius 3 is 2.05 bits per heavy atom. The highest BCUT2D eigenvalue weighted by Gasteiger charge is 2.24. The number of hydrogen-bond donors (Lipinski definition) is 2. The van der Waals surface area contributed by atoms with Crippen LogP contribution in [0, 0.1) is 0 Å². The fourth-order valence-electron chi connectivity index (χ4n) is 7.73. The molecule has 1 aromatic heterocycles. The molecule has 0 aliphatic rings. The first kappa shape index (κ1) is 33.8. The molecule has 1 atom stereocenters. The molecule has 1 heterocycles. The zero-order valence-corrected chi connectivity index (χ0v) is 30.3. The lowest BCUT2D eigenvalue weighted by Gasteiger charge is -2.21. The quantitative estimate of drug-likeness (QED) is 0.0679. The van der Waals surface area contributed by atoms with Crippen molar-refractivity contribution in [1.82, 2.24) is 5.43 Å². The van der Waals surface area contributed by atoms with Crippen molar-refractivity contribution >= 4 is 61.5 Å². The van der Waals surface area contributed by atoms with E-state index in [9.17, 15) is 0 Å². The van der Waals surface area contributed by atoms with Crippen LogP contribution in [0.2, 0.25) is 0 Å². The molecule has 9 rings (SSSR count). The van der Waals surface area contributed by atoms with Gasteiger partial charge in [0.25, 0.3) is 0 Å². The van der Waals surface area contributed by atoms with Gasteiger partial charge in [0.1, 0.15) is 23.0 Å². The summed E-state index contributed by atoms with van der Waals surface area (Å²) in [7, 11) is 0. The Bertz CT molecular complexity index is 2910. The third-order valence-electron chi connectivity index (χ3n) is 10.5. The molecule has 264 valence electrons. The molecule has 1 unspecified atom stereocenters. The molecule has 0 fully saturated rings. The molecule has 0 aliphatic carbocycles. The molecule has 0 amide bonds. The molecular weight excluding hydrogens is 671 g/mol. The van der Waals surface area contributed by atoms with E-state index < -0.39 is 6.04 Å². The largest absolute Gasteiger partial charge is 0.456 e. The first-order valence-corrected chi connectivity index (χ1v) is 18.6. The lowest BCUT2D eigenvalue weighted by molar-refractivity contribution is 0.668. The van der Waals surface area contributed by atoms with Crippen LogP contribution in [0.5, 0.6) is 0 Å². The number of nitrogens with one attached hydrogen (secondary N) is 1. The van der Waals surface area contributed by atoms with Crippen molar-refractivity contribution in [3.8, 4) is 11.1 Å². The second kappa shape index (κ2) is 14.8. The third kappa shape index (κ3) is 6.61. The van der Waals surface area contributed by atoms with Crippen molar-refractivity contribution in [2.45, 2.75) is 12.5 Å². The van der Waals surface area contributed by atoms with Crippen LogP contribution < -0.4 is 11.3 Å². The fourth-order valence-corrected chi connectivity index (χ4v) is 7.73. The van der Waals surface area contributed by atoms with E-state index in [4.69, 9.17) is 15.3 Å². The average molecular weight is 710 g/mol. The van der Waals surface area contributed by atoms with E-state index in [0.29, 0.717) is 12.3 Å². The Kier molecular flexibility index (Phi) is 9.09. The number of benzene rings is 8. The summed E-state index contributed by atoms with van der Waals surface area (Å²) in [5.41, 5.74) is 13.3. The summed E-state index contributed by atoms with van der Waals surface area (Å²) >= 11 is 0. The number of allylic oxidation sites excluding steroid dienone is 1. The Labute approximate surface area is 320 Å². The standard InChI is InChI=1S/C51H39N3O/c1-2-34-12-3-4-13-35(34)18-11-19-39-30-31-47-49(45-20-9-10-21-46(45)55-47)48(39)50(53-51(54-52)44-29-25-37-15-6-8-17-42(37)33-44)40-26-22-38(23-27-40)43-28-24-36-14-5-7-16-41(36)32-43/h2-18,20-33,50H,1,19,52H2,(H,53,54)/b18-11-. The smallest absolute Gasteiger partial charge is 0.143 e. The van der Waals surface area contributed by atoms with Crippen LogP contribution in [0.1, 0.15) is 39.4 Å². The maximum Gasteiger partial charge on any atom is 0.143 e. The number of rotatable bonds is 9. The van der Waals surface area contributed by atoms with Crippen LogP contribution in [0.15, 0.2) is 192 Å². The Hall–Kier alpha value is -7.01. The molecule has 4 nitrogen and oxygen atoms in total. The molecule has 0 aliphatic heterocycles. The molecule has 3 N–H and O–H groups in total. The van der Waals surface area contributed by atoms with Crippen molar-refractivity contribution in [3.05, 3.63) is 216 Å². The zero-order valence-electron chi connectivity index (χ0n) is 30.3. The Morgan fingerprint density at radius 1 is 0.636 bits per heavy atom. The molecular formula is C51H39N3O. The Morgan fingerprint density at radius 2 is 1.29 bits per heavy atom. The van der Waals surface area contributed by atoms with E-state index in [0.717, 1.165) is 71.7 Å². The van der Waals surface area contributed by atoms with Gasteiger partial charge in [0.15, 0.2) is 0 Å². The number of hydrazine groups is 1. The molecule has 8 aromatic carbocycles. The van der Waals surface area contributed by atoms with Gasteiger partial charge in [0, 0.05) is 16.3 Å². The van der Waals surface area contributed by atoms with Gasteiger partial charge in [-0.15, -0.1) is 0 Å². The van der Waals surface area contributed by atoms with Crippen molar-refractivity contribution in [1.29, 1.82) is 0 Å².